The van der Waals surface area contributed by atoms with E-state index >= 15 is 0 Å². The molecule has 4 heteroatoms. The molecule has 0 amide bonds. The molecule has 2 unspecified atom stereocenters. The number of carbonyl (C=O) groups is 1. The van der Waals surface area contributed by atoms with Crippen LogP contribution in [0, 0.1) is 11.3 Å². The average molecular weight is 272 g/mol. The van der Waals surface area contributed by atoms with Crippen molar-refractivity contribution >= 4 is 37.8 Å². The van der Waals surface area contributed by atoms with Crippen molar-refractivity contribution in [1.82, 2.24) is 0 Å². The predicted octanol–water partition coefficient (Wildman–Crippen LogP) is 2.21. The summed E-state index contributed by atoms with van der Waals surface area (Å²) in [5.74, 6) is -0.619. The minimum absolute atomic E-state index is 0.137. The Labute approximate surface area is 76.2 Å². The molecule has 0 aromatic carbocycles. The van der Waals surface area contributed by atoms with Crippen LogP contribution in [0.15, 0.2) is 0 Å². The maximum Gasteiger partial charge on any atom is 0.312 e. The molecule has 58 valence electrons. The van der Waals surface area contributed by atoms with Gasteiger partial charge in [-0.05, 0) is 6.92 Å². The first-order chi connectivity index (χ1) is 4.35. The first-order valence-electron chi connectivity index (χ1n) is 2.96. The zero-order valence-corrected chi connectivity index (χ0v) is 8.86. The maximum absolute atomic E-state index is 10.6. The smallest absolute Gasteiger partial charge is 0.312 e. The molecule has 1 aliphatic rings. The van der Waals surface area contributed by atoms with Crippen molar-refractivity contribution in [3.05, 3.63) is 0 Å². The molecule has 1 fully saturated rings. The van der Waals surface area contributed by atoms with E-state index in [9.17, 15) is 4.79 Å². The number of hydrogen-bond donors (Lipinski definition) is 1. The highest BCUT2D eigenvalue weighted by Gasteiger charge is 2.74. The average Bonchev–Trinajstić information content (AvgIpc) is 2.16. The van der Waals surface area contributed by atoms with Crippen molar-refractivity contribution in [3.8, 4) is 0 Å². The fourth-order valence-electron chi connectivity index (χ4n) is 1.06. The fraction of sp³-hybridized carbons (Fsp3) is 0.833. The second-order valence-electron chi connectivity index (χ2n) is 2.85. The van der Waals surface area contributed by atoms with Gasteiger partial charge in [0.05, 0.1) is 5.41 Å². The SMILES string of the molecule is CC1C(Br)(Br)C1(C)C(=O)O. The van der Waals surface area contributed by atoms with Crippen molar-refractivity contribution < 1.29 is 9.90 Å². The lowest BCUT2D eigenvalue weighted by atomic mass is 10.1. The van der Waals surface area contributed by atoms with E-state index in [1.165, 1.54) is 0 Å². The number of aliphatic carboxylic acids is 1. The molecular formula is C6H8Br2O2. The van der Waals surface area contributed by atoms with Crippen LogP contribution in [0.3, 0.4) is 0 Å². The molecule has 10 heavy (non-hydrogen) atoms. The first kappa shape index (κ1) is 8.53. The number of alkyl halides is 2. The van der Waals surface area contributed by atoms with Crippen LogP contribution in [0.2, 0.25) is 0 Å². The minimum Gasteiger partial charge on any atom is -0.481 e. The lowest BCUT2D eigenvalue weighted by Crippen LogP contribution is -2.16. The van der Waals surface area contributed by atoms with Crippen molar-refractivity contribution in [2.75, 3.05) is 0 Å². The van der Waals surface area contributed by atoms with Crippen molar-refractivity contribution in [1.29, 1.82) is 0 Å². The van der Waals surface area contributed by atoms with Crippen LogP contribution in [0.4, 0.5) is 0 Å². The van der Waals surface area contributed by atoms with E-state index in [2.05, 4.69) is 31.9 Å². The Kier molecular flexibility index (Phi) is 1.68. The normalized spacial score (nSPS) is 43.0. The van der Waals surface area contributed by atoms with E-state index in [0.717, 1.165) is 0 Å². The van der Waals surface area contributed by atoms with Gasteiger partial charge in [0, 0.05) is 5.92 Å². The highest BCUT2D eigenvalue weighted by molar-refractivity contribution is 9.25. The molecule has 0 aliphatic heterocycles. The van der Waals surface area contributed by atoms with E-state index in [0.29, 0.717) is 0 Å². The zero-order chi connectivity index (χ0) is 8.15. The summed E-state index contributed by atoms with van der Waals surface area (Å²) < 4.78 is -0.390. The van der Waals surface area contributed by atoms with Crippen molar-refractivity contribution in [2.45, 2.75) is 17.1 Å². The summed E-state index contributed by atoms with van der Waals surface area (Å²) in [6.45, 7) is 3.63. The van der Waals surface area contributed by atoms with E-state index < -0.39 is 14.6 Å². The molecule has 0 radical (unpaired) electrons. The summed E-state index contributed by atoms with van der Waals surface area (Å²) in [6.07, 6.45) is 0. The molecule has 0 heterocycles. The zero-order valence-electron chi connectivity index (χ0n) is 5.69. The van der Waals surface area contributed by atoms with E-state index in [1.807, 2.05) is 6.92 Å². The summed E-state index contributed by atoms with van der Waals surface area (Å²) >= 11 is 6.62. The second kappa shape index (κ2) is 1.97. The molecule has 1 saturated carbocycles. The van der Waals surface area contributed by atoms with E-state index in [-0.39, 0.29) is 5.92 Å². The molecule has 2 nitrogen and oxygen atoms in total. The van der Waals surface area contributed by atoms with Gasteiger partial charge in [-0.1, -0.05) is 38.8 Å². The van der Waals surface area contributed by atoms with Gasteiger partial charge in [0.1, 0.15) is 3.23 Å². The summed E-state index contributed by atoms with van der Waals surface area (Å²) in [5, 5.41) is 8.76. The number of rotatable bonds is 1. The molecule has 0 bridgehead atoms. The topological polar surface area (TPSA) is 37.3 Å². The molecular weight excluding hydrogens is 264 g/mol. The first-order valence-corrected chi connectivity index (χ1v) is 4.55. The maximum atomic E-state index is 10.6. The summed E-state index contributed by atoms with van der Waals surface area (Å²) in [7, 11) is 0. The van der Waals surface area contributed by atoms with Crippen LogP contribution in [0.25, 0.3) is 0 Å². The van der Waals surface area contributed by atoms with Gasteiger partial charge in [-0.3, -0.25) is 4.79 Å². The van der Waals surface area contributed by atoms with Gasteiger partial charge >= 0.3 is 5.97 Å². The summed E-state index contributed by atoms with van der Waals surface area (Å²) in [6, 6.07) is 0. The third-order valence-electron chi connectivity index (χ3n) is 2.46. The molecule has 0 spiro atoms. The number of carboxylic acid groups (broad SMARTS) is 1. The molecule has 0 aromatic rings. The Bertz CT molecular complexity index is 190. The van der Waals surface area contributed by atoms with Crippen LogP contribution in [0.5, 0.6) is 0 Å². The minimum atomic E-state index is -0.756. The van der Waals surface area contributed by atoms with Gasteiger partial charge in [-0.15, -0.1) is 0 Å². The lowest BCUT2D eigenvalue weighted by molar-refractivity contribution is -0.143. The Balaban J connectivity index is 2.88. The highest BCUT2D eigenvalue weighted by Crippen LogP contribution is 2.70. The van der Waals surface area contributed by atoms with Gasteiger partial charge in [0.2, 0.25) is 0 Å². The Morgan fingerprint density at radius 3 is 1.90 bits per heavy atom. The van der Waals surface area contributed by atoms with Crippen LogP contribution in [-0.4, -0.2) is 14.3 Å². The van der Waals surface area contributed by atoms with Crippen LogP contribution in [-0.2, 0) is 4.79 Å². The molecule has 1 aliphatic carbocycles. The predicted molar refractivity (Wildman–Crippen MR) is 45.5 cm³/mol. The number of hydrogen-bond acceptors (Lipinski definition) is 1. The highest BCUT2D eigenvalue weighted by atomic mass is 79.9. The van der Waals surface area contributed by atoms with Gasteiger partial charge in [-0.25, -0.2) is 0 Å². The largest absolute Gasteiger partial charge is 0.481 e. The van der Waals surface area contributed by atoms with Gasteiger partial charge < -0.3 is 5.11 Å². The van der Waals surface area contributed by atoms with Gasteiger partial charge in [0.25, 0.3) is 0 Å². The molecule has 0 aromatic heterocycles. The van der Waals surface area contributed by atoms with Crippen molar-refractivity contribution in [2.24, 2.45) is 11.3 Å². The molecule has 0 saturated heterocycles. The molecule has 2 atom stereocenters. The second-order valence-corrected chi connectivity index (χ2v) is 6.42. The van der Waals surface area contributed by atoms with Gasteiger partial charge in [0.15, 0.2) is 0 Å². The summed E-state index contributed by atoms with van der Waals surface area (Å²) in [5.41, 5.74) is -0.646. The molecule has 1 rings (SSSR count). The lowest BCUT2D eigenvalue weighted by Gasteiger charge is -2.03. The van der Waals surface area contributed by atoms with E-state index in [1.54, 1.807) is 6.92 Å². The third-order valence-corrected chi connectivity index (χ3v) is 5.48. The Morgan fingerprint density at radius 1 is 1.60 bits per heavy atom. The monoisotopic (exact) mass is 270 g/mol. The molecule has 1 N–H and O–H groups in total. The third kappa shape index (κ3) is 0.720. The van der Waals surface area contributed by atoms with Crippen LogP contribution < -0.4 is 0 Å². The fourth-order valence-corrected chi connectivity index (χ4v) is 2.78. The van der Waals surface area contributed by atoms with Crippen molar-refractivity contribution in [3.63, 3.8) is 0 Å². The quantitative estimate of drug-likeness (QED) is 0.743. The summed E-state index contributed by atoms with van der Waals surface area (Å²) in [4.78, 5) is 10.6. The Morgan fingerprint density at radius 2 is 1.90 bits per heavy atom. The standard InChI is InChI=1S/C6H8Br2O2/c1-3-5(2,4(9)10)6(3,7)8/h3H,1-2H3,(H,9,10). The van der Waals surface area contributed by atoms with Gasteiger partial charge in [-0.2, -0.15) is 0 Å². The van der Waals surface area contributed by atoms with E-state index in [4.69, 9.17) is 5.11 Å². The number of carboxylic acids is 1. The Hall–Kier alpha value is 0.430. The van der Waals surface area contributed by atoms with Crippen LogP contribution in [0.1, 0.15) is 13.8 Å². The number of halogens is 2. The van der Waals surface area contributed by atoms with Crippen LogP contribution >= 0.6 is 31.9 Å².